The third-order valence-corrected chi connectivity index (χ3v) is 10.9. The van der Waals surface area contributed by atoms with Crippen molar-refractivity contribution in [3.63, 3.8) is 0 Å². The molecule has 58 heavy (non-hydrogen) atoms. The SMILES string of the molecule is C=C.CCC(C)COC1OC(CS(=O)(=O)[O-])C(C)C(OCc2ccccc2)C1OCc1ccccc1.CCC(C)COC1OC(CS(=O)(=O)[O-])C(O)C(O)C1O.[Na+].[Na+]. The Hall–Kier alpha value is -0.360. The molecule has 0 bridgehead atoms. The Kier molecular flexibility index (Phi) is 28.9. The number of hydrogen-bond acceptors (Lipinski definition) is 15. The van der Waals surface area contributed by atoms with Crippen molar-refractivity contribution < 1.29 is 129 Å². The van der Waals surface area contributed by atoms with Crippen LogP contribution in [0.2, 0.25) is 0 Å². The quantitative estimate of drug-likeness (QED) is 0.0789. The molecule has 0 aliphatic carbocycles. The van der Waals surface area contributed by atoms with Crippen molar-refractivity contribution >= 4 is 20.2 Å². The molecule has 320 valence electrons. The second-order valence-electron chi connectivity index (χ2n) is 14.1. The minimum atomic E-state index is -4.64. The number of benzene rings is 2. The van der Waals surface area contributed by atoms with Gasteiger partial charge in [-0.2, -0.15) is 0 Å². The summed E-state index contributed by atoms with van der Waals surface area (Å²) in [5.41, 5.74) is 1.97. The van der Waals surface area contributed by atoms with Gasteiger partial charge in [-0.1, -0.05) is 108 Å². The Morgan fingerprint density at radius 1 is 0.638 bits per heavy atom. The fourth-order valence-electron chi connectivity index (χ4n) is 5.67. The summed E-state index contributed by atoms with van der Waals surface area (Å²) in [7, 11) is -9.15. The predicted octanol–water partition coefficient (Wildman–Crippen LogP) is -2.66. The van der Waals surface area contributed by atoms with Gasteiger partial charge < -0.3 is 52.8 Å². The predicted molar refractivity (Wildman–Crippen MR) is 206 cm³/mol. The largest absolute Gasteiger partial charge is 1.00 e. The summed E-state index contributed by atoms with van der Waals surface area (Å²) in [4.78, 5) is 0. The van der Waals surface area contributed by atoms with Gasteiger partial charge >= 0.3 is 59.1 Å². The zero-order valence-electron chi connectivity index (χ0n) is 34.8. The van der Waals surface area contributed by atoms with E-state index in [1.165, 1.54) is 0 Å². The monoisotopic (exact) mass is 878 g/mol. The Bertz CT molecular complexity index is 1590. The molecule has 2 aliphatic rings. The van der Waals surface area contributed by atoms with E-state index < -0.39 is 93.0 Å². The van der Waals surface area contributed by atoms with Crippen molar-refractivity contribution in [3.05, 3.63) is 84.9 Å². The Labute approximate surface area is 389 Å². The van der Waals surface area contributed by atoms with E-state index in [2.05, 4.69) is 27.0 Å². The maximum Gasteiger partial charge on any atom is 1.00 e. The number of hydrogen-bond donors (Lipinski definition) is 3. The van der Waals surface area contributed by atoms with Gasteiger partial charge in [-0.05, 0) is 23.0 Å². The van der Waals surface area contributed by atoms with Gasteiger partial charge in [-0.25, -0.2) is 16.8 Å². The molecule has 0 spiro atoms. The summed E-state index contributed by atoms with van der Waals surface area (Å²) in [5, 5.41) is 29.0. The molecule has 2 fully saturated rings. The Morgan fingerprint density at radius 2 is 1.03 bits per heavy atom. The second-order valence-corrected chi connectivity index (χ2v) is 17.0. The van der Waals surface area contributed by atoms with Crippen LogP contribution in [0.25, 0.3) is 0 Å². The van der Waals surface area contributed by atoms with Crippen LogP contribution in [0.15, 0.2) is 73.8 Å². The van der Waals surface area contributed by atoms with Gasteiger partial charge in [0.2, 0.25) is 0 Å². The number of aliphatic hydroxyl groups is 3. The molecule has 12 atom stereocenters. The molecule has 2 aliphatic heterocycles. The summed E-state index contributed by atoms with van der Waals surface area (Å²) in [6.07, 6.45) is -8.65. The molecule has 0 radical (unpaired) electrons. The van der Waals surface area contributed by atoms with E-state index in [0.29, 0.717) is 19.8 Å². The normalized spacial score (nSPS) is 28.2. The molecule has 15 nitrogen and oxygen atoms in total. The molecule has 19 heteroatoms. The second kappa shape index (κ2) is 29.1. The zero-order chi connectivity index (χ0) is 42.1. The first-order valence-corrected chi connectivity index (χ1v) is 21.8. The van der Waals surface area contributed by atoms with Gasteiger partial charge in [0.25, 0.3) is 0 Å². The first-order valence-electron chi connectivity index (χ1n) is 18.7. The molecular weight excluding hydrogens is 819 g/mol. The molecular formula is C39H60Na2O15S2. The molecule has 0 saturated carbocycles. The van der Waals surface area contributed by atoms with E-state index in [-0.39, 0.29) is 77.6 Å². The van der Waals surface area contributed by atoms with Gasteiger partial charge in [-0.15, -0.1) is 13.2 Å². The summed E-state index contributed by atoms with van der Waals surface area (Å²) < 4.78 is 102. The maximum absolute atomic E-state index is 11.6. The molecule has 2 saturated heterocycles. The van der Waals surface area contributed by atoms with Crippen LogP contribution in [0.1, 0.15) is 58.6 Å². The topological polar surface area (TPSA) is 230 Å². The molecule has 3 N–H and O–H groups in total. The summed E-state index contributed by atoms with van der Waals surface area (Å²) in [6.45, 7) is 17.1. The van der Waals surface area contributed by atoms with Crippen molar-refractivity contribution in [2.75, 3.05) is 24.7 Å². The molecule has 0 aromatic heterocycles. The van der Waals surface area contributed by atoms with Crippen molar-refractivity contribution in [2.45, 2.75) is 116 Å². The Balaban J connectivity index is 0.00000117. The number of aliphatic hydroxyl groups excluding tert-OH is 3. The molecule has 2 aromatic carbocycles. The van der Waals surface area contributed by atoms with Crippen molar-refractivity contribution in [2.24, 2.45) is 17.8 Å². The summed E-state index contributed by atoms with van der Waals surface area (Å²) >= 11 is 0. The van der Waals surface area contributed by atoms with Gasteiger partial charge in [0.1, 0.15) is 30.5 Å². The van der Waals surface area contributed by atoms with Crippen molar-refractivity contribution in [3.8, 4) is 0 Å². The smallest absolute Gasteiger partial charge is 0.748 e. The van der Waals surface area contributed by atoms with Gasteiger partial charge in [0, 0.05) is 5.92 Å². The van der Waals surface area contributed by atoms with E-state index in [4.69, 9.17) is 28.4 Å². The third-order valence-electron chi connectivity index (χ3n) is 9.47. The molecule has 2 aromatic rings. The standard InChI is InChI=1S/C26H36O7S.C11H22O8S.C2H4.2Na/c1-4-19(2)15-32-26-25(31-17-22-13-9-6-10-14-22)24(30-16-21-11-7-5-8-12-21)20(3)23(33-26)18-34(27,28)29;1-3-6(2)4-18-11-10(14)9(13)8(12)7(19-11)5-20(15,16)17;1-2;;/h5-14,19-20,23-26H,4,15-18H2,1-3H3,(H,27,28,29);6-14H,3-5H2,1-2H3,(H,15,16,17);1-2H2;;/q;;;2*+1/p-2. The van der Waals surface area contributed by atoms with E-state index in [9.17, 15) is 41.3 Å². The van der Waals surface area contributed by atoms with E-state index >= 15 is 0 Å². The Morgan fingerprint density at radius 3 is 1.47 bits per heavy atom. The van der Waals surface area contributed by atoms with Crippen molar-refractivity contribution in [1.29, 1.82) is 0 Å². The minimum Gasteiger partial charge on any atom is -0.748 e. The molecule has 12 unspecified atom stereocenters. The molecule has 2 heterocycles. The first-order chi connectivity index (χ1) is 26.4. The van der Waals surface area contributed by atoms with Crippen LogP contribution in [0.3, 0.4) is 0 Å². The zero-order valence-corrected chi connectivity index (χ0v) is 40.5. The van der Waals surface area contributed by atoms with Crippen molar-refractivity contribution in [1.82, 2.24) is 0 Å². The number of rotatable bonds is 18. The maximum atomic E-state index is 11.6. The number of ether oxygens (including phenoxy) is 6. The fraction of sp³-hybridized carbons (Fsp3) is 0.641. The minimum absolute atomic E-state index is 0. The van der Waals surface area contributed by atoms with Crippen LogP contribution < -0.4 is 59.1 Å². The summed E-state index contributed by atoms with van der Waals surface area (Å²) in [6, 6.07) is 19.5. The van der Waals surface area contributed by atoms with Crippen LogP contribution in [0.4, 0.5) is 0 Å². The van der Waals surface area contributed by atoms with Gasteiger partial charge in [-0.3, -0.25) is 0 Å². The molecule has 0 amide bonds. The van der Waals surface area contributed by atoms with E-state index in [0.717, 1.165) is 24.0 Å². The van der Waals surface area contributed by atoms with Crippen LogP contribution in [-0.2, 0) is 61.9 Å². The average Bonchev–Trinajstić information content (AvgIpc) is 3.17. The van der Waals surface area contributed by atoms with Crippen LogP contribution in [0, 0.1) is 17.8 Å². The summed E-state index contributed by atoms with van der Waals surface area (Å²) in [5.74, 6) is -1.59. The van der Waals surface area contributed by atoms with Crippen LogP contribution >= 0.6 is 0 Å². The third kappa shape index (κ3) is 20.7. The van der Waals surface area contributed by atoms with E-state index in [1.54, 1.807) is 0 Å². The van der Waals surface area contributed by atoms with Gasteiger partial charge in [0.05, 0.1) is 70.4 Å². The van der Waals surface area contributed by atoms with Gasteiger partial charge in [0.15, 0.2) is 12.6 Å². The van der Waals surface area contributed by atoms with Crippen LogP contribution in [-0.4, -0.2) is 121 Å². The molecule has 4 rings (SSSR count). The fourth-order valence-corrected chi connectivity index (χ4v) is 7.13. The van der Waals surface area contributed by atoms with Crippen LogP contribution in [0.5, 0.6) is 0 Å². The average molecular weight is 879 g/mol. The first kappa shape index (κ1) is 57.6. The van der Waals surface area contributed by atoms with E-state index in [1.807, 2.05) is 81.4 Å².